The molecule has 1 aromatic carbocycles. The first-order valence-corrected chi connectivity index (χ1v) is 5.70. The van der Waals surface area contributed by atoms with Crippen molar-refractivity contribution in [3.8, 4) is 0 Å². The highest BCUT2D eigenvalue weighted by molar-refractivity contribution is 6.36. The van der Waals surface area contributed by atoms with Crippen molar-refractivity contribution in [2.24, 2.45) is 5.73 Å². The van der Waals surface area contributed by atoms with Gasteiger partial charge in [-0.05, 0) is 12.1 Å². The molecule has 4 nitrogen and oxygen atoms in total. The van der Waals surface area contributed by atoms with Crippen molar-refractivity contribution >= 4 is 29.3 Å². The van der Waals surface area contributed by atoms with Gasteiger partial charge in [0.25, 0.3) is 0 Å². The third-order valence-corrected chi connectivity index (χ3v) is 2.82. The molecule has 1 unspecified atom stereocenters. The van der Waals surface area contributed by atoms with Crippen molar-refractivity contribution in [1.29, 1.82) is 0 Å². The summed E-state index contributed by atoms with van der Waals surface area (Å²) in [7, 11) is 1.55. The third kappa shape index (κ3) is 4.07. The lowest BCUT2D eigenvalue weighted by Crippen LogP contribution is -2.19. The molecule has 0 aliphatic carbocycles. The molecular formula is C11H13Cl2NO3. The number of carbonyl (C=O) groups excluding carboxylic acids is 1. The summed E-state index contributed by atoms with van der Waals surface area (Å²) in [6.45, 7) is 0.402. The second-order valence-corrected chi connectivity index (χ2v) is 4.16. The van der Waals surface area contributed by atoms with Crippen LogP contribution in [0.15, 0.2) is 18.2 Å². The molecule has 0 heterocycles. The maximum atomic E-state index is 10.8. The molecule has 0 saturated carbocycles. The summed E-state index contributed by atoms with van der Waals surface area (Å²) in [6, 6.07) is 5.06. The SMILES string of the molecule is COCCC(OC(N)=O)c1c(Cl)cccc1Cl. The molecule has 0 aliphatic heterocycles. The summed E-state index contributed by atoms with van der Waals surface area (Å²) in [5.41, 5.74) is 5.56. The molecule has 94 valence electrons. The van der Waals surface area contributed by atoms with Crippen LogP contribution in [-0.4, -0.2) is 19.8 Å². The molecule has 1 atom stereocenters. The molecule has 2 N–H and O–H groups in total. The summed E-state index contributed by atoms with van der Waals surface area (Å²) < 4.78 is 9.93. The number of primary amides is 1. The minimum absolute atomic E-state index is 0.402. The van der Waals surface area contributed by atoms with Gasteiger partial charge in [-0.15, -0.1) is 0 Å². The van der Waals surface area contributed by atoms with E-state index in [1.807, 2.05) is 0 Å². The number of amides is 1. The maximum absolute atomic E-state index is 10.8. The van der Waals surface area contributed by atoms with Gasteiger partial charge in [-0.1, -0.05) is 29.3 Å². The molecule has 6 heteroatoms. The topological polar surface area (TPSA) is 61.6 Å². The predicted octanol–water partition coefficient (Wildman–Crippen LogP) is 3.17. The lowest BCUT2D eigenvalue weighted by atomic mass is 10.1. The highest BCUT2D eigenvalue weighted by atomic mass is 35.5. The van der Waals surface area contributed by atoms with Gasteiger partial charge in [-0.2, -0.15) is 0 Å². The molecular weight excluding hydrogens is 265 g/mol. The zero-order chi connectivity index (χ0) is 12.8. The van der Waals surface area contributed by atoms with Crippen LogP contribution < -0.4 is 5.73 Å². The Bertz CT molecular complexity index is 378. The van der Waals surface area contributed by atoms with E-state index in [2.05, 4.69) is 0 Å². The van der Waals surface area contributed by atoms with E-state index in [1.165, 1.54) is 0 Å². The fourth-order valence-corrected chi connectivity index (χ4v) is 2.09. The lowest BCUT2D eigenvalue weighted by Gasteiger charge is -2.19. The predicted molar refractivity (Wildman–Crippen MR) is 66.4 cm³/mol. The number of hydrogen-bond donors (Lipinski definition) is 1. The Hall–Kier alpha value is -0.970. The zero-order valence-corrected chi connectivity index (χ0v) is 10.8. The summed E-state index contributed by atoms with van der Waals surface area (Å²) in [5.74, 6) is 0. The van der Waals surface area contributed by atoms with Gasteiger partial charge in [0.2, 0.25) is 0 Å². The van der Waals surface area contributed by atoms with Gasteiger partial charge in [0.1, 0.15) is 6.10 Å². The maximum Gasteiger partial charge on any atom is 0.405 e. The first-order chi connectivity index (χ1) is 8.06. The monoisotopic (exact) mass is 277 g/mol. The molecule has 1 rings (SSSR count). The first-order valence-electron chi connectivity index (χ1n) is 4.95. The van der Waals surface area contributed by atoms with Crippen LogP contribution >= 0.6 is 23.2 Å². The zero-order valence-electron chi connectivity index (χ0n) is 9.28. The number of carbonyl (C=O) groups is 1. The second kappa shape index (κ2) is 6.69. The van der Waals surface area contributed by atoms with Gasteiger partial charge in [-0.3, -0.25) is 0 Å². The van der Waals surface area contributed by atoms with E-state index in [1.54, 1.807) is 25.3 Å². The number of halogens is 2. The smallest absolute Gasteiger partial charge is 0.405 e. The van der Waals surface area contributed by atoms with Crippen LogP contribution in [0.2, 0.25) is 10.0 Å². The van der Waals surface area contributed by atoms with Crippen molar-refractivity contribution in [3.63, 3.8) is 0 Å². The van der Waals surface area contributed by atoms with E-state index in [4.69, 9.17) is 38.4 Å². The van der Waals surface area contributed by atoms with E-state index >= 15 is 0 Å². The molecule has 0 fully saturated rings. The summed E-state index contributed by atoms with van der Waals surface area (Å²) in [4.78, 5) is 10.8. The summed E-state index contributed by atoms with van der Waals surface area (Å²) in [5, 5.41) is 0.861. The number of benzene rings is 1. The highest BCUT2D eigenvalue weighted by Crippen LogP contribution is 2.34. The summed E-state index contributed by atoms with van der Waals surface area (Å²) in [6.07, 6.45) is -1.04. The molecule has 1 amide bonds. The summed E-state index contributed by atoms with van der Waals surface area (Å²) >= 11 is 12.1. The quantitative estimate of drug-likeness (QED) is 0.899. The average molecular weight is 278 g/mol. The van der Waals surface area contributed by atoms with Gasteiger partial charge in [-0.25, -0.2) is 4.79 Å². The molecule has 0 bridgehead atoms. The average Bonchev–Trinajstić information content (AvgIpc) is 2.24. The Morgan fingerprint density at radius 1 is 1.41 bits per heavy atom. The first kappa shape index (κ1) is 14.1. The number of nitrogens with two attached hydrogens (primary N) is 1. The highest BCUT2D eigenvalue weighted by Gasteiger charge is 2.20. The minimum Gasteiger partial charge on any atom is -0.441 e. The van der Waals surface area contributed by atoms with Crippen molar-refractivity contribution in [1.82, 2.24) is 0 Å². The van der Waals surface area contributed by atoms with E-state index in [-0.39, 0.29) is 0 Å². The number of ether oxygens (including phenoxy) is 2. The lowest BCUT2D eigenvalue weighted by molar-refractivity contribution is 0.0777. The van der Waals surface area contributed by atoms with Crippen molar-refractivity contribution in [2.45, 2.75) is 12.5 Å². The number of hydrogen-bond acceptors (Lipinski definition) is 3. The Balaban J connectivity index is 2.98. The van der Waals surface area contributed by atoms with Gasteiger partial charge in [0.15, 0.2) is 0 Å². The Labute approximate surface area is 110 Å². The van der Waals surface area contributed by atoms with Crippen LogP contribution in [0.3, 0.4) is 0 Å². The van der Waals surface area contributed by atoms with Crippen LogP contribution in [0.4, 0.5) is 4.79 Å². The molecule has 0 radical (unpaired) electrons. The third-order valence-electron chi connectivity index (χ3n) is 2.16. The molecule has 0 saturated heterocycles. The Morgan fingerprint density at radius 2 is 2.00 bits per heavy atom. The molecule has 0 aromatic heterocycles. The normalized spacial score (nSPS) is 12.2. The standard InChI is InChI=1S/C11H13Cl2NO3/c1-16-6-5-9(17-11(14)15)10-7(12)3-2-4-8(10)13/h2-4,9H,5-6H2,1H3,(H2,14,15). The Morgan fingerprint density at radius 3 is 2.47 bits per heavy atom. The molecule has 0 aliphatic rings. The molecule has 0 spiro atoms. The Kier molecular flexibility index (Phi) is 5.55. The molecule has 17 heavy (non-hydrogen) atoms. The van der Waals surface area contributed by atoms with Crippen LogP contribution in [0.25, 0.3) is 0 Å². The fraction of sp³-hybridized carbons (Fsp3) is 0.364. The van der Waals surface area contributed by atoms with Crippen LogP contribution in [0, 0.1) is 0 Å². The fourth-order valence-electron chi connectivity index (χ4n) is 1.45. The molecule has 1 aromatic rings. The van der Waals surface area contributed by atoms with Crippen LogP contribution in [0.1, 0.15) is 18.1 Å². The van der Waals surface area contributed by atoms with Gasteiger partial charge >= 0.3 is 6.09 Å². The van der Waals surface area contributed by atoms with E-state index < -0.39 is 12.2 Å². The second-order valence-electron chi connectivity index (χ2n) is 3.34. The van der Waals surface area contributed by atoms with Crippen molar-refractivity contribution in [3.05, 3.63) is 33.8 Å². The van der Waals surface area contributed by atoms with Crippen molar-refractivity contribution in [2.75, 3.05) is 13.7 Å². The number of rotatable bonds is 5. The van der Waals surface area contributed by atoms with E-state index in [0.29, 0.717) is 28.6 Å². The van der Waals surface area contributed by atoms with Crippen LogP contribution in [-0.2, 0) is 9.47 Å². The minimum atomic E-state index is -0.873. The van der Waals surface area contributed by atoms with Crippen LogP contribution in [0.5, 0.6) is 0 Å². The van der Waals surface area contributed by atoms with Crippen molar-refractivity contribution < 1.29 is 14.3 Å². The van der Waals surface area contributed by atoms with E-state index in [0.717, 1.165) is 0 Å². The number of methoxy groups -OCH3 is 1. The largest absolute Gasteiger partial charge is 0.441 e. The van der Waals surface area contributed by atoms with E-state index in [9.17, 15) is 4.79 Å². The van der Waals surface area contributed by atoms with Gasteiger partial charge < -0.3 is 15.2 Å². The van der Waals surface area contributed by atoms with Gasteiger partial charge in [0.05, 0.1) is 6.61 Å². The van der Waals surface area contributed by atoms with Gasteiger partial charge in [0, 0.05) is 29.1 Å².